The normalized spacial score (nSPS) is 10.8. The van der Waals surface area contributed by atoms with Gasteiger partial charge in [-0.1, -0.05) is 0 Å². The van der Waals surface area contributed by atoms with E-state index in [2.05, 4.69) is 20.5 Å². The number of methoxy groups -OCH3 is 1. The van der Waals surface area contributed by atoms with Crippen LogP contribution in [0, 0.1) is 6.92 Å². The van der Waals surface area contributed by atoms with Gasteiger partial charge in [-0.25, -0.2) is 4.98 Å². The first-order chi connectivity index (χ1) is 8.70. The van der Waals surface area contributed by atoms with Gasteiger partial charge in [-0.05, 0) is 6.92 Å². The fourth-order valence-corrected chi connectivity index (χ4v) is 1.67. The summed E-state index contributed by atoms with van der Waals surface area (Å²) in [6.07, 6.45) is 3.68. The Hall–Kier alpha value is -1.89. The molecule has 0 unspecified atom stereocenters. The number of nitrogens with one attached hydrogen (secondary N) is 1. The summed E-state index contributed by atoms with van der Waals surface area (Å²) in [6.45, 7) is 4.00. The van der Waals surface area contributed by atoms with Gasteiger partial charge in [0.15, 0.2) is 5.82 Å². The Morgan fingerprint density at radius 2 is 2.28 bits per heavy atom. The van der Waals surface area contributed by atoms with Crippen LogP contribution in [0.5, 0.6) is 0 Å². The molecule has 7 heteroatoms. The predicted octanol–water partition coefficient (Wildman–Crippen LogP) is 0.579. The Kier molecular flexibility index (Phi) is 3.93. The second kappa shape index (κ2) is 5.63. The van der Waals surface area contributed by atoms with Crippen LogP contribution in [-0.2, 0) is 24.9 Å². The Bertz CT molecular complexity index is 503. The molecule has 0 spiro atoms. The van der Waals surface area contributed by atoms with Crippen molar-refractivity contribution in [3.63, 3.8) is 0 Å². The third-order valence-electron chi connectivity index (χ3n) is 2.64. The summed E-state index contributed by atoms with van der Waals surface area (Å²) in [5.41, 5.74) is 0.978. The molecule has 98 valence electrons. The Morgan fingerprint density at radius 1 is 1.44 bits per heavy atom. The number of rotatable bonds is 6. The monoisotopic (exact) mass is 250 g/mol. The van der Waals surface area contributed by atoms with E-state index in [0.717, 1.165) is 24.0 Å². The van der Waals surface area contributed by atoms with Crippen LogP contribution in [0.15, 0.2) is 12.5 Å². The molecule has 0 aliphatic heterocycles. The van der Waals surface area contributed by atoms with Gasteiger partial charge in [-0.2, -0.15) is 0 Å². The van der Waals surface area contributed by atoms with Crippen molar-refractivity contribution in [2.24, 2.45) is 7.05 Å². The Morgan fingerprint density at radius 3 is 2.94 bits per heavy atom. The SMILES string of the molecule is COCCn1cc(C)nc1NCc1nncn1C. The number of hydrogen-bond donors (Lipinski definition) is 1. The zero-order valence-electron chi connectivity index (χ0n) is 10.9. The summed E-state index contributed by atoms with van der Waals surface area (Å²) in [5.74, 6) is 1.70. The summed E-state index contributed by atoms with van der Waals surface area (Å²) in [5, 5.41) is 11.1. The van der Waals surface area contributed by atoms with E-state index in [1.165, 1.54) is 0 Å². The van der Waals surface area contributed by atoms with Gasteiger partial charge in [-0.3, -0.25) is 0 Å². The maximum Gasteiger partial charge on any atom is 0.203 e. The van der Waals surface area contributed by atoms with E-state index in [9.17, 15) is 0 Å². The number of hydrogen-bond acceptors (Lipinski definition) is 5. The molecule has 0 radical (unpaired) electrons. The zero-order valence-corrected chi connectivity index (χ0v) is 10.9. The number of ether oxygens (including phenoxy) is 1. The fourth-order valence-electron chi connectivity index (χ4n) is 1.67. The van der Waals surface area contributed by atoms with Crippen molar-refractivity contribution in [3.8, 4) is 0 Å². The van der Waals surface area contributed by atoms with Crippen molar-refractivity contribution in [1.82, 2.24) is 24.3 Å². The molecule has 2 rings (SSSR count). The lowest BCUT2D eigenvalue weighted by Gasteiger charge is -2.08. The van der Waals surface area contributed by atoms with E-state index in [1.54, 1.807) is 13.4 Å². The lowest BCUT2D eigenvalue weighted by Crippen LogP contribution is -2.12. The number of aromatic nitrogens is 5. The first kappa shape index (κ1) is 12.6. The highest BCUT2D eigenvalue weighted by Gasteiger charge is 2.06. The number of nitrogens with zero attached hydrogens (tertiary/aromatic N) is 5. The highest BCUT2D eigenvalue weighted by atomic mass is 16.5. The zero-order chi connectivity index (χ0) is 13.0. The Labute approximate surface area is 106 Å². The van der Waals surface area contributed by atoms with Crippen LogP contribution in [0.4, 0.5) is 5.95 Å². The molecule has 2 aromatic rings. The van der Waals surface area contributed by atoms with Gasteiger partial charge in [0.2, 0.25) is 5.95 Å². The molecule has 2 aromatic heterocycles. The molecular formula is C11H18N6O. The maximum atomic E-state index is 5.08. The van der Waals surface area contributed by atoms with Gasteiger partial charge in [0, 0.05) is 26.9 Å². The largest absolute Gasteiger partial charge is 0.383 e. The summed E-state index contributed by atoms with van der Waals surface area (Å²) < 4.78 is 8.99. The standard InChI is InChI=1S/C11H18N6O/c1-9-7-17(4-5-18-3)11(14-9)12-6-10-15-13-8-16(10)2/h7-8H,4-6H2,1-3H3,(H,12,14). The second-order valence-corrected chi connectivity index (χ2v) is 4.10. The molecule has 18 heavy (non-hydrogen) atoms. The molecule has 0 fully saturated rings. The molecule has 0 saturated carbocycles. The number of imidazole rings is 1. The molecule has 0 amide bonds. The smallest absolute Gasteiger partial charge is 0.203 e. The molecule has 0 aliphatic carbocycles. The van der Waals surface area contributed by atoms with E-state index in [0.29, 0.717) is 13.2 Å². The van der Waals surface area contributed by atoms with Crippen LogP contribution in [0.3, 0.4) is 0 Å². The van der Waals surface area contributed by atoms with Crippen molar-refractivity contribution in [1.29, 1.82) is 0 Å². The minimum atomic E-state index is 0.597. The van der Waals surface area contributed by atoms with E-state index in [-0.39, 0.29) is 0 Å². The summed E-state index contributed by atoms with van der Waals surface area (Å²) in [4.78, 5) is 4.43. The van der Waals surface area contributed by atoms with Gasteiger partial charge in [0.1, 0.15) is 6.33 Å². The lowest BCUT2D eigenvalue weighted by atomic mass is 10.5. The van der Waals surface area contributed by atoms with Gasteiger partial charge < -0.3 is 19.2 Å². The van der Waals surface area contributed by atoms with E-state index in [1.807, 2.05) is 29.3 Å². The molecule has 0 saturated heterocycles. The number of aryl methyl sites for hydroxylation is 2. The average Bonchev–Trinajstić information content (AvgIpc) is 2.90. The maximum absolute atomic E-state index is 5.08. The van der Waals surface area contributed by atoms with Gasteiger partial charge in [0.25, 0.3) is 0 Å². The molecule has 0 atom stereocenters. The van der Waals surface area contributed by atoms with Crippen molar-refractivity contribution in [2.45, 2.75) is 20.0 Å². The van der Waals surface area contributed by atoms with Gasteiger partial charge in [0.05, 0.1) is 18.8 Å². The summed E-state index contributed by atoms with van der Waals surface area (Å²) in [7, 11) is 3.61. The third-order valence-corrected chi connectivity index (χ3v) is 2.64. The van der Waals surface area contributed by atoms with E-state index < -0.39 is 0 Å². The molecular weight excluding hydrogens is 232 g/mol. The van der Waals surface area contributed by atoms with Crippen molar-refractivity contribution < 1.29 is 4.74 Å². The number of anilines is 1. The second-order valence-electron chi connectivity index (χ2n) is 4.10. The summed E-state index contributed by atoms with van der Waals surface area (Å²) in [6, 6.07) is 0. The molecule has 0 aromatic carbocycles. The van der Waals surface area contributed by atoms with Crippen LogP contribution in [0.1, 0.15) is 11.5 Å². The third kappa shape index (κ3) is 2.86. The molecule has 1 N–H and O–H groups in total. The van der Waals surface area contributed by atoms with Crippen molar-refractivity contribution >= 4 is 5.95 Å². The van der Waals surface area contributed by atoms with Crippen LogP contribution >= 0.6 is 0 Å². The van der Waals surface area contributed by atoms with E-state index in [4.69, 9.17) is 4.74 Å². The molecule has 7 nitrogen and oxygen atoms in total. The van der Waals surface area contributed by atoms with Crippen LogP contribution < -0.4 is 5.32 Å². The Balaban J connectivity index is 2.02. The van der Waals surface area contributed by atoms with Gasteiger partial charge >= 0.3 is 0 Å². The van der Waals surface area contributed by atoms with E-state index >= 15 is 0 Å². The highest BCUT2D eigenvalue weighted by molar-refractivity contribution is 5.29. The molecule has 0 aliphatic rings. The predicted molar refractivity (Wildman–Crippen MR) is 67.2 cm³/mol. The molecule has 0 bridgehead atoms. The first-order valence-corrected chi connectivity index (χ1v) is 5.80. The minimum absolute atomic E-state index is 0.597. The quantitative estimate of drug-likeness (QED) is 0.812. The lowest BCUT2D eigenvalue weighted by molar-refractivity contribution is 0.187. The van der Waals surface area contributed by atoms with Crippen molar-refractivity contribution in [3.05, 3.63) is 24.0 Å². The minimum Gasteiger partial charge on any atom is -0.383 e. The average molecular weight is 250 g/mol. The fraction of sp³-hybridized carbons (Fsp3) is 0.545. The van der Waals surface area contributed by atoms with Crippen LogP contribution in [0.2, 0.25) is 0 Å². The first-order valence-electron chi connectivity index (χ1n) is 5.80. The summed E-state index contributed by atoms with van der Waals surface area (Å²) >= 11 is 0. The van der Waals surface area contributed by atoms with Crippen molar-refractivity contribution in [2.75, 3.05) is 19.0 Å². The topological polar surface area (TPSA) is 69.8 Å². The molecule has 2 heterocycles. The van der Waals surface area contributed by atoms with Crippen LogP contribution in [0.25, 0.3) is 0 Å². The van der Waals surface area contributed by atoms with Crippen LogP contribution in [-0.4, -0.2) is 38.0 Å². The highest BCUT2D eigenvalue weighted by Crippen LogP contribution is 2.09. The van der Waals surface area contributed by atoms with Gasteiger partial charge in [-0.15, -0.1) is 10.2 Å².